The zero-order valence-electron chi connectivity index (χ0n) is 6.94. The number of allylic oxidation sites excluding steroid dienone is 1. The number of halogens is 1. The van der Waals surface area contributed by atoms with E-state index in [1.165, 1.54) is 19.3 Å². The first kappa shape index (κ1) is 10.2. The van der Waals surface area contributed by atoms with Gasteiger partial charge in [-0.3, -0.25) is 0 Å². The first-order chi connectivity index (χ1) is 4.72. The first-order valence-electron chi connectivity index (χ1n) is 3.99. The van der Waals surface area contributed by atoms with Gasteiger partial charge in [0.05, 0.1) is 0 Å². The zero-order valence-corrected chi connectivity index (χ0v) is 8.52. The molecule has 0 saturated carbocycles. The second kappa shape index (κ2) is 5.96. The van der Waals surface area contributed by atoms with Gasteiger partial charge in [-0.2, -0.15) is 0 Å². The summed E-state index contributed by atoms with van der Waals surface area (Å²) in [6.07, 6.45) is 5.87. The first-order valence-corrected chi connectivity index (χ1v) is 4.90. The molecule has 0 spiro atoms. The maximum Gasteiger partial charge on any atom is 0.0205 e. The number of alkyl halides is 1. The van der Waals surface area contributed by atoms with Crippen molar-refractivity contribution in [2.45, 2.75) is 37.9 Å². The van der Waals surface area contributed by atoms with Crippen LogP contribution in [-0.2, 0) is 0 Å². The topological polar surface area (TPSA) is 0 Å². The van der Waals surface area contributed by atoms with E-state index >= 15 is 0 Å². The van der Waals surface area contributed by atoms with Crippen LogP contribution in [-0.4, -0.2) is 4.83 Å². The predicted octanol–water partition coefficient (Wildman–Crippen LogP) is 3.76. The number of unbranched alkanes of at least 4 members (excludes halogenated alkanes) is 1. The van der Waals surface area contributed by atoms with E-state index in [-0.39, 0.29) is 0 Å². The van der Waals surface area contributed by atoms with Crippen molar-refractivity contribution < 1.29 is 0 Å². The number of hydrogen-bond acceptors (Lipinski definition) is 0. The molecule has 0 aliphatic rings. The minimum absolute atomic E-state index is 0.603. The molecule has 0 bridgehead atoms. The summed E-state index contributed by atoms with van der Waals surface area (Å²) >= 11 is 3.63. The molecule has 0 heterocycles. The monoisotopic (exact) mass is 204 g/mol. The van der Waals surface area contributed by atoms with Gasteiger partial charge in [0.25, 0.3) is 0 Å². The van der Waals surface area contributed by atoms with Crippen molar-refractivity contribution in [2.75, 3.05) is 0 Å². The van der Waals surface area contributed by atoms with Gasteiger partial charge in [-0.1, -0.05) is 48.7 Å². The summed E-state index contributed by atoms with van der Waals surface area (Å²) in [7, 11) is 0. The molecule has 1 heteroatoms. The Morgan fingerprint density at radius 1 is 1.60 bits per heavy atom. The predicted molar refractivity (Wildman–Crippen MR) is 51.6 cm³/mol. The van der Waals surface area contributed by atoms with Gasteiger partial charge < -0.3 is 0 Å². The van der Waals surface area contributed by atoms with E-state index in [2.05, 4.69) is 36.4 Å². The Bertz CT molecular complexity index is 88.7. The van der Waals surface area contributed by atoms with Crippen LogP contribution >= 0.6 is 15.9 Å². The van der Waals surface area contributed by atoms with Crippen molar-refractivity contribution in [3.05, 3.63) is 12.7 Å². The average Bonchev–Trinajstić information content (AvgIpc) is 1.98. The van der Waals surface area contributed by atoms with Gasteiger partial charge in [0.15, 0.2) is 0 Å². The maximum atomic E-state index is 3.76. The fourth-order valence-corrected chi connectivity index (χ4v) is 1.35. The van der Waals surface area contributed by atoms with Gasteiger partial charge >= 0.3 is 0 Å². The molecule has 0 aromatic heterocycles. The Morgan fingerprint density at radius 3 is 2.60 bits per heavy atom. The lowest BCUT2D eigenvalue weighted by molar-refractivity contribution is 0.601. The standard InChI is InChI=1S/C9H17Br/c1-4-6-7-9(10)8(3)5-2/h5,8-9H,2,4,6-7H2,1,3H3/t8-,9?/m1/s1. The normalized spacial score (nSPS) is 16.3. The van der Waals surface area contributed by atoms with Crippen molar-refractivity contribution in [1.29, 1.82) is 0 Å². The quantitative estimate of drug-likeness (QED) is 0.473. The highest BCUT2D eigenvalue weighted by Crippen LogP contribution is 2.19. The van der Waals surface area contributed by atoms with E-state index in [0.29, 0.717) is 10.7 Å². The zero-order chi connectivity index (χ0) is 7.98. The molecule has 0 aliphatic heterocycles. The van der Waals surface area contributed by atoms with E-state index in [9.17, 15) is 0 Å². The molecule has 0 aliphatic carbocycles. The van der Waals surface area contributed by atoms with Gasteiger partial charge in [0, 0.05) is 4.83 Å². The Kier molecular flexibility index (Phi) is 6.10. The van der Waals surface area contributed by atoms with E-state index in [1.807, 2.05) is 6.08 Å². The van der Waals surface area contributed by atoms with Crippen molar-refractivity contribution in [2.24, 2.45) is 5.92 Å². The summed E-state index contributed by atoms with van der Waals surface area (Å²) in [5.74, 6) is 0.603. The third-order valence-corrected chi connectivity index (χ3v) is 3.07. The van der Waals surface area contributed by atoms with Crippen molar-refractivity contribution in [1.82, 2.24) is 0 Å². The fourth-order valence-electron chi connectivity index (χ4n) is 0.810. The molecule has 2 atom stereocenters. The van der Waals surface area contributed by atoms with Crippen LogP contribution in [0.2, 0.25) is 0 Å². The smallest absolute Gasteiger partial charge is 0.0205 e. The molecule has 0 rings (SSSR count). The van der Waals surface area contributed by atoms with Crippen LogP contribution in [0.3, 0.4) is 0 Å². The molecule has 60 valence electrons. The molecular weight excluding hydrogens is 188 g/mol. The van der Waals surface area contributed by atoms with E-state index in [4.69, 9.17) is 0 Å². The molecule has 1 unspecified atom stereocenters. The van der Waals surface area contributed by atoms with Crippen LogP contribution in [0.25, 0.3) is 0 Å². The highest BCUT2D eigenvalue weighted by Gasteiger charge is 2.08. The van der Waals surface area contributed by atoms with Crippen LogP contribution in [0.4, 0.5) is 0 Å². The Morgan fingerprint density at radius 2 is 2.20 bits per heavy atom. The highest BCUT2D eigenvalue weighted by molar-refractivity contribution is 9.09. The number of rotatable bonds is 5. The van der Waals surface area contributed by atoms with Gasteiger partial charge in [-0.25, -0.2) is 0 Å². The third kappa shape index (κ3) is 4.10. The summed E-state index contributed by atoms with van der Waals surface area (Å²) in [6, 6.07) is 0. The van der Waals surface area contributed by atoms with Crippen LogP contribution in [0.5, 0.6) is 0 Å². The van der Waals surface area contributed by atoms with Crippen LogP contribution in [0.15, 0.2) is 12.7 Å². The van der Waals surface area contributed by atoms with Crippen molar-refractivity contribution in [3.63, 3.8) is 0 Å². The molecule has 0 fully saturated rings. The van der Waals surface area contributed by atoms with Gasteiger partial charge in [0.2, 0.25) is 0 Å². The van der Waals surface area contributed by atoms with Crippen LogP contribution < -0.4 is 0 Å². The van der Waals surface area contributed by atoms with Crippen LogP contribution in [0.1, 0.15) is 33.1 Å². The lowest BCUT2D eigenvalue weighted by Crippen LogP contribution is -2.07. The molecule has 0 amide bonds. The lowest BCUT2D eigenvalue weighted by atomic mass is 10.0. The highest BCUT2D eigenvalue weighted by atomic mass is 79.9. The fraction of sp³-hybridized carbons (Fsp3) is 0.778. The Labute approximate surface area is 72.8 Å². The SMILES string of the molecule is C=C[C@@H](C)C(Br)CCCC. The van der Waals surface area contributed by atoms with Gasteiger partial charge in [-0.05, 0) is 12.3 Å². The third-order valence-electron chi connectivity index (χ3n) is 1.78. The average molecular weight is 205 g/mol. The van der Waals surface area contributed by atoms with E-state index in [1.54, 1.807) is 0 Å². The minimum atomic E-state index is 0.603. The molecule has 0 aromatic carbocycles. The molecule has 10 heavy (non-hydrogen) atoms. The molecular formula is C9H17Br. The molecule has 0 aromatic rings. The molecule has 0 nitrogen and oxygen atoms in total. The van der Waals surface area contributed by atoms with E-state index < -0.39 is 0 Å². The summed E-state index contributed by atoms with van der Waals surface area (Å²) in [6.45, 7) is 8.18. The van der Waals surface area contributed by atoms with Crippen LogP contribution in [0, 0.1) is 5.92 Å². The summed E-state index contributed by atoms with van der Waals surface area (Å²) in [5, 5.41) is 0. The van der Waals surface area contributed by atoms with Gasteiger partial charge in [-0.15, -0.1) is 6.58 Å². The summed E-state index contributed by atoms with van der Waals surface area (Å²) < 4.78 is 0. The Balaban J connectivity index is 3.40. The summed E-state index contributed by atoms with van der Waals surface area (Å²) in [4.78, 5) is 0.630. The minimum Gasteiger partial charge on any atom is -0.103 e. The summed E-state index contributed by atoms with van der Waals surface area (Å²) in [5.41, 5.74) is 0. The largest absolute Gasteiger partial charge is 0.103 e. The number of hydrogen-bond donors (Lipinski definition) is 0. The second-order valence-corrected chi connectivity index (χ2v) is 3.93. The lowest BCUT2D eigenvalue weighted by Gasteiger charge is -2.12. The molecule has 0 radical (unpaired) electrons. The van der Waals surface area contributed by atoms with Crippen molar-refractivity contribution in [3.8, 4) is 0 Å². The van der Waals surface area contributed by atoms with Crippen molar-refractivity contribution >= 4 is 15.9 Å². The molecule has 0 saturated heterocycles. The Hall–Kier alpha value is 0.220. The molecule has 0 N–H and O–H groups in total. The van der Waals surface area contributed by atoms with E-state index in [0.717, 1.165) is 0 Å². The maximum absolute atomic E-state index is 3.76. The second-order valence-electron chi connectivity index (χ2n) is 2.75. The van der Waals surface area contributed by atoms with Gasteiger partial charge in [0.1, 0.15) is 0 Å².